The molecule has 0 saturated carbocycles. The number of aryl methyl sites for hydroxylation is 1. The Morgan fingerprint density at radius 3 is 2.91 bits per heavy atom. The van der Waals surface area contributed by atoms with Crippen molar-refractivity contribution < 1.29 is 0 Å². The first-order valence-corrected chi connectivity index (χ1v) is 3.35. The van der Waals surface area contributed by atoms with E-state index in [4.69, 9.17) is 5.73 Å². The fraction of sp³-hybridized carbons (Fsp3) is 0.143. The van der Waals surface area contributed by atoms with Crippen LogP contribution in [0.5, 0.6) is 0 Å². The normalized spacial score (nSPS) is 10.6. The van der Waals surface area contributed by atoms with Crippen molar-refractivity contribution in [1.82, 2.24) is 14.6 Å². The van der Waals surface area contributed by atoms with Gasteiger partial charge in [0.05, 0.1) is 0 Å². The smallest absolute Gasteiger partial charge is 0.226 e. The molecule has 2 rings (SSSR count). The highest BCUT2D eigenvalue weighted by Crippen LogP contribution is 2.07. The maximum Gasteiger partial charge on any atom is 0.226 e. The van der Waals surface area contributed by atoms with Gasteiger partial charge in [0.1, 0.15) is 0 Å². The lowest BCUT2D eigenvalue weighted by Gasteiger charge is -1.97. The van der Waals surface area contributed by atoms with E-state index in [1.54, 1.807) is 4.40 Å². The molecule has 0 aliphatic carbocycles. The van der Waals surface area contributed by atoms with Crippen LogP contribution >= 0.6 is 0 Å². The van der Waals surface area contributed by atoms with Crippen LogP contribution in [0.15, 0.2) is 18.2 Å². The largest absolute Gasteiger partial charge is 0.368 e. The number of hydrogen-bond acceptors (Lipinski definition) is 3. The van der Waals surface area contributed by atoms with Gasteiger partial charge in [-0.15, -0.1) is 10.2 Å². The summed E-state index contributed by atoms with van der Waals surface area (Å²) in [5, 5.41) is 7.61. The molecule has 0 aliphatic heterocycles. The standard InChI is InChI=1S/C7H8N4/c1-5-3-2-4-6-9-10-7(8)11(5)6/h2-4H,1H3,(H2,8,10). The van der Waals surface area contributed by atoms with Crippen molar-refractivity contribution in [3.05, 3.63) is 23.9 Å². The van der Waals surface area contributed by atoms with Gasteiger partial charge in [0, 0.05) is 5.69 Å². The average Bonchev–Trinajstić information content (AvgIpc) is 2.34. The van der Waals surface area contributed by atoms with Gasteiger partial charge in [0.2, 0.25) is 5.95 Å². The van der Waals surface area contributed by atoms with E-state index in [0.29, 0.717) is 5.95 Å². The summed E-state index contributed by atoms with van der Waals surface area (Å²) in [6, 6.07) is 5.77. The molecule has 0 radical (unpaired) electrons. The molecule has 2 aromatic rings. The number of nitrogens with two attached hydrogens (primary N) is 1. The second kappa shape index (κ2) is 1.95. The molecule has 2 heterocycles. The number of nitrogens with zero attached hydrogens (tertiary/aromatic N) is 3. The van der Waals surface area contributed by atoms with Gasteiger partial charge in [0.25, 0.3) is 0 Å². The Bertz CT molecular complexity index is 390. The highest BCUT2D eigenvalue weighted by molar-refractivity contribution is 5.44. The molecule has 0 unspecified atom stereocenters. The van der Waals surface area contributed by atoms with Gasteiger partial charge >= 0.3 is 0 Å². The molecular formula is C7H8N4. The number of aromatic nitrogens is 3. The molecule has 0 spiro atoms. The molecule has 0 fully saturated rings. The zero-order valence-electron chi connectivity index (χ0n) is 6.15. The van der Waals surface area contributed by atoms with Gasteiger partial charge < -0.3 is 5.73 Å². The van der Waals surface area contributed by atoms with Gasteiger partial charge in [-0.25, -0.2) is 0 Å². The molecule has 0 amide bonds. The van der Waals surface area contributed by atoms with Crippen molar-refractivity contribution in [3.63, 3.8) is 0 Å². The molecule has 0 atom stereocenters. The van der Waals surface area contributed by atoms with Crippen LogP contribution in [0.1, 0.15) is 5.69 Å². The maximum atomic E-state index is 5.57. The van der Waals surface area contributed by atoms with Crippen molar-refractivity contribution in [2.75, 3.05) is 5.73 Å². The summed E-state index contributed by atoms with van der Waals surface area (Å²) in [5.41, 5.74) is 7.41. The zero-order valence-corrected chi connectivity index (χ0v) is 6.15. The second-order valence-corrected chi connectivity index (χ2v) is 2.42. The minimum atomic E-state index is 0.443. The molecule has 2 N–H and O–H groups in total. The van der Waals surface area contributed by atoms with Crippen LogP contribution < -0.4 is 5.73 Å². The molecule has 0 bridgehead atoms. The molecule has 0 saturated heterocycles. The van der Waals surface area contributed by atoms with Crippen molar-refractivity contribution >= 4 is 11.6 Å². The Hall–Kier alpha value is -1.58. The van der Waals surface area contributed by atoms with Crippen LogP contribution in [0.4, 0.5) is 5.95 Å². The lowest BCUT2D eigenvalue weighted by atomic mass is 10.4. The van der Waals surface area contributed by atoms with Crippen molar-refractivity contribution in [3.8, 4) is 0 Å². The van der Waals surface area contributed by atoms with E-state index in [2.05, 4.69) is 10.2 Å². The quantitative estimate of drug-likeness (QED) is 0.595. The molecule has 0 aliphatic rings. The van der Waals surface area contributed by atoms with E-state index in [-0.39, 0.29) is 0 Å². The third kappa shape index (κ3) is 0.756. The predicted molar refractivity (Wildman–Crippen MR) is 42.1 cm³/mol. The minimum Gasteiger partial charge on any atom is -0.368 e. The lowest BCUT2D eigenvalue weighted by molar-refractivity contribution is 1.09. The van der Waals surface area contributed by atoms with Crippen molar-refractivity contribution in [2.45, 2.75) is 6.92 Å². The lowest BCUT2D eigenvalue weighted by Crippen LogP contribution is -1.96. The summed E-state index contributed by atoms with van der Waals surface area (Å²) < 4.78 is 1.81. The topological polar surface area (TPSA) is 56.2 Å². The van der Waals surface area contributed by atoms with Crippen LogP contribution in [0, 0.1) is 6.92 Å². The number of pyridine rings is 1. The molecule has 4 nitrogen and oxygen atoms in total. The number of anilines is 1. The van der Waals surface area contributed by atoms with Gasteiger partial charge in [-0.1, -0.05) is 6.07 Å². The highest BCUT2D eigenvalue weighted by atomic mass is 15.3. The molecule has 11 heavy (non-hydrogen) atoms. The van der Waals surface area contributed by atoms with Gasteiger partial charge in [-0.3, -0.25) is 4.40 Å². The van der Waals surface area contributed by atoms with Crippen LogP contribution in [0.25, 0.3) is 5.65 Å². The summed E-state index contributed by atoms with van der Waals surface area (Å²) in [6.07, 6.45) is 0. The monoisotopic (exact) mass is 148 g/mol. The average molecular weight is 148 g/mol. The Morgan fingerprint density at radius 2 is 2.18 bits per heavy atom. The summed E-state index contributed by atoms with van der Waals surface area (Å²) in [6.45, 7) is 1.96. The molecule has 2 aromatic heterocycles. The Morgan fingerprint density at radius 1 is 1.36 bits per heavy atom. The fourth-order valence-corrected chi connectivity index (χ4v) is 1.13. The highest BCUT2D eigenvalue weighted by Gasteiger charge is 2.00. The van der Waals surface area contributed by atoms with E-state index in [9.17, 15) is 0 Å². The molecular weight excluding hydrogens is 140 g/mol. The maximum absolute atomic E-state index is 5.57. The minimum absolute atomic E-state index is 0.443. The third-order valence-electron chi connectivity index (χ3n) is 1.65. The third-order valence-corrected chi connectivity index (χ3v) is 1.65. The van der Waals surface area contributed by atoms with E-state index in [0.717, 1.165) is 11.3 Å². The van der Waals surface area contributed by atoms with Crippen LogP contribution in [0.2, 0.25) is 0 Å². The van der Waals surface area contributed by atoms with E-state index < -0.39 is 0 Å². The number of rotatable bonds is 0. The van der Waals surface area contributed by atoms with Gasteiger partial charge in [0.15, 0.2) is 5.65 Å². The zero-order chi connectivity index (χ0) is 7.84. The van der Waals surface area contributed by atoms with E-state index in [1.165, 1.54) is 0 Å². The van der Waals surface area contributed by atoms with Crippen molar-refractivity contribution in [2.24, 2.45) is 0 Å². The van der Waals surface area contributed by atoms with E-state index in [1.807, 2.05) is 25.1 Å². The molecule has 56 valence electrons. The van der Waals surface area contributed by atoms with Gasteiger partial charge in [-0.2, -0.15) is 0 Å². The second-order valence-electron chi connectivity index (χ2n) is 2.42. The van der Waals surface area contributed by atoms with Crippen LogP contribution in [-0.4, -0.2) is 14.6 Å². The summed E-state index contributed by atoms with van der Waals surface area (Å²) >= 11 is 0. The fourth-order valence-electron chi connectivity index (χ4n) is 1.13. The van der Waals surface area contributed by atoms with Crippen LogP contribution in [-0.2, 0) is 0 Å². The summed E-state index contributed by atoms with van der Waals surface area (Å²) in [4.78, 5) is 0. The van der Waals surface area contributed by atoms with Crippen LogP contribution in [0.3, 0.4) is 0 Å². The first-order valence-electron chi connectivity index (χ1n) is 3.35. The molecule has 0 aromatic carbocycles. The number of nitrogen functional groups attached to an aromatic ring is 1. The Balaban J connectivity index is 2.96. The first-order chi connectivity index (χ1) is 5.29. The SMILES string of the molecule is Cc1cccc2nnc(N)n12. The molecule has 4 heteroatoms. The number of hydrogen-bond donors (Lipinski definition) is 1. The summed E-state index contributed by atoms with van der Waals surface area (Å²) in [5.74, 6) is 0.443. The van der Waals surface area contributed by atoms with Crippen molar-refractivity contribution in [1.29, 1.82) is 0 Å². The predicted octanol–water partition coefficient (Wildman–Crippen LogP) is 0.620. The van der Waals surface area contributed by atoms with E-state index >= 15 is 0 Å². The Kier molecular flexibility index (Phi) is 1.09. The van der Waals surface area contributed by atoms with Gasteiger partial charge in [-0.05, 0) is 19.1 Å². The first kappa shape index (κ1) is 6.15. The Labute approximate surface area is 63.7 Å². The summed E-state index contributed by atoms with van der Waals surface area (Å²) in [7, 11) is 0. The number of fused-ring (bicyclic) bond motifs is 1.